The van der Waals surface area contributed by atoms with Gasteiger partial charge in [-0.3, -0.25) is 4.99 Å². The molecule has 0 spiro atoms. The van der Waals surface area contributed by atoms with Crippen molar-refractivity contribution in [2.75, 3.05) is 20.8 Å². The molecular formula is C23H24ClNO2. The minimum atomic E-state index is 0. The lowest BCUT2D eigenvalue weighted by Crippen LogP contribution is -2.19. The van der Waals surface area contributed by atoms with Gasteiger partial charge in [0.2, 0.25) is 0 Å². The summed E-state index contributed by atoms with van der Waals surface area (Å²) in [6.07, 6.45) is 0.932. The third-order valence-electron chi connectivity index (χ3n) is 5.25. The van der Waals surface area contributed by atoms with E-state index in [1.54, 1.807) is 14.2 Å². The Labute approximate surface area is 166 Å². The first kappa shape index (κ1) is 19.2. The van der Waals surface area contributed by atoms with Crippen LogP contribution in [-0.2, 0) is 6.42 Å². The molecule has 1 aliphatic heterocycles. The first-order valence-corrected chi connectivity index (χ1v) is 9.00. The van der Waals surface area contributed by atoms with Gasteiger partial charge in [0.1, 0.15) is 0 Å². The van der Waals surface area contributed by atoms with Gasteiger partial charge in [-0.15, -0.1) is 12.4 Å². The Balaban J connectivity index is 0.00000210. The molecule has 27 heavy (non-hydrogen) atoms. The van der Waals surface area contributed by atoms with Gasteiger partial charge in [-0.05, 0) is 40.5 Å². The smallest absolute Gasteiger partial charge is 0.161 e. The quantitative estimate of drug-likeness (QED) is 0.603. The van der Waals surface area contributed by atoms with Crippen LogP contribution in [0.2, 0.25) is 0 Å². The Morgan fingerprint density at radius 3 is 2.41 bits per heavy atom. The SMILES string of the molecule is COc1cc2c(cc1OC)C(C(C)c1cccc3ccccc13)=NCC2.Cl. The zero-order valence-electron chi connectivity index (χ0n) is 15.9. The van der Waals surface area contributed by atoms with Gasteiger partial charge in [0, 0.05) is 23.7 Å². The molecule has 3 aromatic rings. The molecule has 1 heterocycles. The van der Waals surface area contributed by atoms with Crippen molar-refractivity contribution in [3.8, 4) is 11.5 Å². The van der Waals surface area contributed by atoms with E-state index in [1.807, 2.05) is 0 Å². The summed E-state index contributed by atoms with van der Waals surface area (Å²) in [7, 11) is 3.36. The molecule has 0 N–H and O–H groups in total. The number of nitrogens with zero attached hydrogens (tertiary/aromatic N) is 1. The second-order valence-electron chi connectivity index (χ2n) is 6.67. The fraction of sp³-hybridized carbons (Fsp3) is 0.261. The lowest BCUT2D eigenvalue weighted by molar-refractivity contribution is 0.354. The molecule has 0 amide bonds. The third-order valence-corrected chi connectivity index (χ3v) is 5.25. The van der Waals surface area contributed by atoms with Gasteiger partial charge in [-0.25, -0.2) is 0 Å². The van der Waals surface area contributed by atoms with Crippen LogP contribution in [0.4, 0.5) is 0 Å². The lowest BCUT2D eigenvalue weighted by Gasteiger charge is -2.24. The number of rotatable bonds is 4. The summed E-state index contributed by atoms with van der Waals surface area (Å²) in [6, 6.07) is 19.2. The van der Waals surface area contributed by atoms with Gasteiger partial charge in [0.25, 0.3) is 0 Å². The Hall–Kier alpha value is -2.52. The highest BCUT2D eigenvalue weighted by Gasteiger charge is 2.24. The van der Waals surface area contributed by atoms with E-state index >= 15 is 0 Å². The number of methoxy groups -OCH3 is 2. The maximum absolute atomic E-state index is 5.53. The molecule has 4 heteroatoms. The monoisotopic (exact) mass is 381 g/mol. The van der Waals surface area contributed by atoms with E-state index in [4.69, 9.17) is 14.5 Å². The summed E-state index contributed by atoms with van der Waals surface area (Å²) in [4.78, 5) is 4.91. The molecule has 0 saturated carbocycles. The molecule has 0 saturated heterocycles. The average molecular weight is 382 g/mol. The second kappa shape index (κ2) is 8.01. The van der Waals surface area contributed by atoms with Crippen molar-refractivity contribution >= 4 is 28.9 Å². The molecule has 0 bridgehead atoms. The van der Waals surface area contributed by atoms with Crippen LogP contribution in [0.15, 0.2) is 59.6 Å². The fourth-order valence-corrected chi connectivity index (χ4v) is 3.89. The van der Waals surface area contributed by atoms with Crippen LogP contribution in [0, 0.1) is 0 Å². The molecule has 0 fully saturated rings. The van der Waals surface area contributed by atoms with Crippen molar-refractivity contribution < 1.29 is 9.47 Å². The van der Waals surface area contributed by atoms with Gasteiger partial charge in [-0.2, -0.15) is 0 Å². The van der Waals surface area contributed by atoms with Crippen LogP contribution in [0.3, 0.4) is 0 Å². The largest absolute Gasteiger partial charge is 0.493 e. The van der Waals surface area contributed by atoms with Crippen LogP contribution in [-0.4, -0.2) is 26.5 Å². The van der Waals surface area contributed by atoms with E-state index in [9.17, 15) is 0 Å². The first-order chi connectivity index (χ1) is 12.7. The Morgan fingerprint density at radius 1 is 0.926 bits per heavy atom. The molecule has 1 aliphatic rings. The van der Waals surface area contributed by atoms with Crippen molar-refractivity contribution in [2.24, 2.45) is 4.99 Å². The normalized spacial score (nSPS) is 14.0. The van der Waals surface area contributed by atoms with Crippen LogP contribution in [0.1, 0.15) is 29.5 Å². The predicted molar refractivity (Wildman–Crippen MR) is 114 cm³/mol. The van der Waals surface area contributed by atoms with Crippen LogP contribution < -0.4 is 9.47 Å². The number of aliphatic imine (C=N–C) groups is 1. The van der Waals surface area contributed by atoms with Crippen LogP contribution in [0.5, 0.6) is 11.5 Å². The maximum Gasteiger partial charge on any atom is 0.161 e. The highest BCUT2D eigenvalue weighted by Crippen LogP contribution is 2.36. The first-order valence-electron chi connectivity index (χ1n) is 9.00. The van der Waals surface area contributed by atoms with E-state index < -0.39 is 0 Å². The molecular weight excluding hydrogens is 358 g/mol. The van der Waals surface area contributed by atoms with E-state index in [1.165, 1.54) is 27.5 Å². The number of fused-ring (bicyclic) bond motifs is 2. The Kier molecular flexibility index (Phi) is 5.71. The summed E-state index contributed by atoms with van der Waals surface area (Å²) in [5.41, 5.74) is 4.89. The topological polar surface area (TPSA) is 30.8 Å². The summed E-state index contributed by atoms with van der Waals surface area (Å²) in [6.45, 7) is 3.05. The van der Waals surface area contributed by atoms with Gasteiger partial charge in [-0.1, -0.05) is 49.4 Å². The van der Waals surface area contributed by atoms with Crippen LogP contribution in [0.25, 0.3) is 10.8 Å². The summed E-state index contributed by atoms with van der Waals surface area (Å²) < 4.78 is 11.0. The number of hydrogen-bond donors (Lipinski definition) is 0. The minimum Gasteiger partial charge on any atom is -0.493 e. The zero-order valence-corrected chi connectivity index (χ0v) is 16.7. The molecule has 0 aliphatic carbocycles. The minimum absolute atomic E-state index is 0. The predicted octanol–water partition coefficient (Wildman–Crippen LogP) is 5.43. The van der Waals surface area contributed by atoms with E-state index in [2.05, 4.69) is 61.5 Å². The van der Waals surface area contributed by atoms with Gasteiger partial charge in [0.15, 0.2) is 11.5 Å². The highest BCUT2D eigenvalue weighted by atomic mass is 35.5. The Bertz CT molecular complexity index is 992. The fourth-order valence-electron chi connectivity index (χ4n) is 3.89. The highest BCUT2D eigenvalue weighted by molar-refractivity contribution is 6.08. The molecule has 140 valence electrons. The molecule has 0 radical (unpaired) electrons. The number of hydrogen-bond acceptors (Lipinski definition) is 3. The number of halogens is 1. The van der Waals surface area contributed by atoms with Crippen molar-refractivity contribution in [1.82, 2.24) is 0 Å². The number of ether oxygens (including phenoxy) is 2. The summed E-state index contributed by atoms with van der Waals surface area (Å²) in [5, 5.41) is 2.55. The van der Waals surface area contributed by atoms with Crippen LogP contribution >= 0.6 is 12.4 Å². The second-order valence-corrected chi connectivity index (χ2v) is 6.67. The molecule has 3 nitrogen and oxygen atoms in total. The lowest BCUT2D eigenvalue weighted by atomic mass is 9.84. The maximum atomic E-state index is 5.53. The average Bonchev–Trinajstić information content (AvgIpc) is 2.71. The zero-order chi connectivity index (χ0) is 18.1. The Morgan fingerprint density at radius 2 is 1.63 bits per heavy atom. The molecule has 3 aromatic carbocycles. The summed E-state index contributed by atoms with van der Waals surface area (Å²) >= 11 is 0. The van der Waals surface area contributed by atoms with Crippen molar-refractivity contribution in [3.63, 3.8) is 0 Å². The van der Waals surface area contributed by atoms with Gasteiger partial charge < -0.3 is 9.47 Å². The van der Waals surface area contributed by atoms with Crippen molar-refractivity contribution in [1.29, 1.82) is 0 Å². The molecule has 4 rings (SSSR count). The molecule has 1 atom stereocenters. The molecule has 0 aromatic heterocycles. The van der Waals surface area contributed by atoms with E-state index in [0.717, 1.165) is 30.2 Å². The van der Waals surface area contributed by atoms with Crippen molar-refractivity contribution in [2.45, 2.75) is 19.3 Å². The summed E-state index contributed by atoms with van der Waals surface area (Å²) in [5.74, 6) is 1.74. The third kappa shape index (κ3) is 3.40. The standard InChI is InChI=1S/C23H23NO2.ClH/c1-15(18-10-6-8-16-7-4-5-9-19(16)18)23-20-14-22(26-3)21(25-2)13-17(20)11-12-24-23;/h4-10,13-15H,11-12H2,1-3H3;1H. The number of benzene rings is 3. The van der Waals surface area contributed by atoms with E-state index in [0.29, 0.717) is 0 Å². The van der Waals surface area contributed by atoms with Gasteiger partial charge >= 0.3 is 0 Å². The van der Waals surface area contributed by atoms with Crippen molar-refractivity contribution in [3.05, 3.63) is 71.3 Å². The molecule has 1 unspecified atom stereocenters. The van der Waals surface area contributed by atoms with E-state index in [-0.39, 0.29) is 18.3 Å². The van der Waals surface area contributed by atoms with Gasteiger partial charge in [0.05, 0.1) is 14.2 Å².